The Morgan fingerprint density at radius 2 is 1.59 bits per heavy atom. The second kappa shape index (κ2) is 10.9. The van der Waals surface area contributed by atoms with E-state index in [1.54, 1.807) is 11.7 Å². The van der Waals surface area contributed by atoms with Crippen LogP contribution in [0.25, 0.3) is 22.3 Å². The Balaban J connectivity index is 1.50. The summed E-state index contributed by atoms with van der Waals surface area (Å²) < 4.78 is 18.8. The molecule has 4 aromatic rings. The highest BCUT2D eigenvalue weighted by atomic mass is 16.5. The molecular formula is C28H30N2O4. The molecule has 0 aliphatic rings. The summed E-state index contributed by atoms with van der Waals surface area (Å²) in [5.74, 6) is 2.90. The van der Waals surface area contributed by atoms with Crippen LogP contribution in [0, 0.1) is 0 Å². The van der Waals surface area contributed by atoms with Gasteiger partial charge in [-0.1, -0.05) is 24.3 Å². The van der Waals surface area contributed by atoms with Crippen LogP contribution in [0.5, 0.6) is 17.2 Å². The summed E-state index contributed by atoms with van der Waals surface area (Å²) >= 11 is 0. The van der Waals surface area contributed by atoms with Crippen LogP contribution in [-0.2, 0) is 6.54 Å². The highest BCUT2D eigenvalue weighted by Gasteiger charge is 2.13. The summed E-state index contributed by atoms with van der Waals surface area (Å²) in [5.41, 5.74) is 1.53. The number of benzene rings is 3. The minimum atomic E-state index is -0.0342. The van der Waals surface area contributed by atoms with Gasteiger partial charge < -0.3 is 14.2 Å². The molecule has 0 unspecified atom stereocenters. The first-order chi connectivity index (χ1) is 16.6. The third kappa shape index (κ3) is 5.39. The van der Waals surface area contributed by atoms with Crippen LogP contribution in [0.2, 0.25) is 0 Å². The van der Waals surface area contributed by atoms with Crippen molar-refractivity contribution in [2.45, 2.75) is 39.3 Å². The van der Waals surface area contributed by atoms with E-state index in [4.69, 9.17) is 19.2 Å². The first kappa shape index (κ1) is 23.4. The lowest BCUT2D eigenvalue weighted by Gasteiger charge is -2.16. The summed E-state index contributed by atoms with van der Waals surface area (Å²) in [7, 11) is 1.63. The number of hydrogen-bond donors (Lipinski definition) is 0. The Morgan fingerprint density at radius 1 is 0.882 bits per heavy atom. The fourth-order valence-corrected chi connectivity index (χ4v) is 3.81. The summed E-state index contributed by atoms with van der Waals surface area (Å²) in [6.45, 7) is 5.07. The van der Waals surface area contributed by atoms with Gasteiger partial charge in [0, 0.05) is 12.1 Å². The van der Waals surface area contributed by atoms with Crippen molar-refractivity contribution in [2.24, 2.45) is 0 Å². The van der Waals surface area contributed by atoms with E-state index >= 15 is 0 Å². The van der Waals surface area contributed by atoms with E-state index in [1.165, 1.54) is 0 Å². The zero-order valence-corrected chi connectivity index (χ0v) is 19.9. The molecule has 0 saturated carbocycles. The SMILES string of the molecule is COc1ccc(-c2nc3ccccc3c(=O)n2CCCCOc2ccccc2OC(C)C)cc1. The Morgan fingerprint density at radius 3 is 2.32 bits per heavy atom. The molecule has 0 aliphatic heterocycles. The number of unbranched alkanes of at least 4 members (excludes halogenated alkanes) is 1. The molecule has 1 aromatic heterocycles. The maximum absolute atomic E-state index is 13.3. The molecule has 6 nitrogen and oxygen atoms in total. The number of nitrogens with zero attached hydrogens (tertiary/aromatic N) is 2. The van der Waals surface area contributed by atoms with E-state index in [0.29, 0.717) is 29.9 Å². The van der Waals surface area contributed by atoms with Gasteiger partial charge in [-0.2, -0.15) is 0 Å². The van der Waals surface area contributed by atoms with Gasteiger partial charge in [0.15, 0.2) is 11.5 Å². The molecule has 1 heterocycles. The summed E-state index contributed by atoms with van der Waals surface area (Å²) in [4.78, 5) is 18.2. The van der Waals surface area contributed by atoms with E-state index in [0.717, 1.165) is 35.7 Å². The van der Waals surface area contributed by atoms with Crippen LogP contribution in [0.1, 0.15) is 26.7 Å². The van der Waals surface area contributed by atoms with Crippen LogP contribution >= 0.6 is 0 Å². The largest absolute Gasteiger partial charge is 0.497 e. The number of ether oxygens (including phenoxy) is 3. The third-order valence-corrected chi connectivity index (χ3v) is 5.46. The summed E-state index contributed by atoms with van der Waals surface area (Å²) in [6, 6.07) is 22.8. The van der Waals surface area contributed by atoms with E-state index in [-0.39, 0.29) is 11.7 Å². The zero-order chi connectivity index (χ0) is 23.9. The molecule has 3 aromatic carbocycles. The van der Waals surface area contributed by atoms with E-state index in [9.17, 15) is 4.79 Å². The summed E-state index contributed by atoms with van der Waals surface area (Å²) in [5, 5.41) is 0.621. The molecule has 176 valence electrons. The van der Waals surface area contributed by atoms with Gasteiger partial charge in [-0.25, -0.2) is 4.98 Å². The van der Waals surface area contributed by atoms with Crippen LogP contribution in [0.4, 0.5) is 0 Å². The van der Waals surface area contributed by atoms with E-state index < -0.39 is 0 Å². The van der Waals surface area contributed by atoms with Crippen molar-refractivity contribution in [1.82, 2.24) is 9.55 Å². The fraction of sp³-hybridized carbons (Fsp3) is 0.286. The number of aromatic nitrogens is 2. The fourth-order valence-electron chi connectivity index (χ4n) is 3.81. The normalized spacial score (nSPS) is 11.1. The number of rotatable bonds is 10. The molecule has 0 aliphatic carbocycles. The number of hydrogen-bond acceptors (Lipinski definition) is 5. The molecule has 0 fully saturated rings. The van der Waals surface area contributed by atoms with Crippen molar-refractivity contribution in [3.8, 4) is 28.6 Å². The molecule has 34 heavy (non-hydrogen) atoms. The average Bonchev–Trinajstić information content (AvgIpc) is 2.85. The molecule has 0 amide bonds. The quantitative estimate of drug-likeness (QED) is 0.285. The standard InChI is InChI=1S/C28H30N2O4/c1-20(2)34-26-13-7-6-12-25(26)33-19-9-8-18-30-27(21-14-16-22(32-3)17-15-21)29-24-11-5-4-10-23(24)28(30)31/h4-7,10-17,20H,8-9,18-19H2,1-3H3. The Bertz CT molecular complexity index is 1300. The lowest BCUT2D eigenvalue weighted by Crippen LogP contribution is -2.24. The minimum absolute atomic E-state index is 0.0342. The van der Waals surface area contributed by atoms with Crippen molar-refractivity contribution >= 4 is 10.9 Å². The van der Waals surface area contributed by atoms with Crippen LogP contribution in [0.15, 0.2) is 77.6 Å². The zero-order valence-electron chi connectivity index (χ0n) is 19.9. The average molecular weight is 459 g/mol. The monoisotopic (exact) mass is 458 g/mol. The van der Waals surface area contributed by atoms with Gasteiger partial charge in [0.1, 0.15) is 11.6 Å². The first-order valence-corrected chi connectivity index (χ1v) is 11.6. The summed E-state index contributed by atoms with van der Waals surface area (Å²) in [6.07, 6.45) is 1.64. The Labute approximate surface area is 199 Å². The first-order valence-electron chi connectivity index (χ1n) is 11.6. The van der Waals surface area contributed by atoms with Gasteiger partial charge in [0.25, 0.3) is 5.56 Å². The van der Waals surface area contributed by atoms with Crippen LogP contribution in [-0.4, -0.2) is 29.4 Å². The highest BCUT2D eigenvalue weighted by molar-refractivity contribution is 5.79. The predicted molar refractivity (Wildman–Crippen MR) is 135 cm³/mol. The second-order valence-electron chi connectivity index (χ2n) is 8.31. The van der Waals surface area contributed by atoms with Crippen molar-refractivity contribution in [1.29, 1.82) is 0 Å². The van der Waals surface area contributed by atoms with Gasteiger partial charge >= 0.3 is 0 Å². The molecule has 0 N–H and O–H groups in total. The maximum Gasteiger partial charge on any atom is 0.261 e. The molecular weight excluding hydrogens is 428 g/mol. The van der Waals surface area contributed by atoms with Crippen LogP contribution in [0.3, 0.4) is 0 Å². The smallest absolute Gasteiger partial charge is 0.261 e. The van der Waals surface area contributed by atoms with Crippen molar-refractivity contribution in [3.05, 3.63) is 83.2 Å². The van der Waals surface area contributed by atoms with Gasteiger partial charge in [-0.05, 0) is 75.2 Å². The van der Waals surface area contributed by atoms with Gasteiger partial charge in [-0.15, -0.1) is 0 Å². The topological polar surface area (TPSA) is 62.6 Å². The molecule has 0 radical (unpaired) electrons. The van der Waals surface area contributed by atoms with Crippen molar-refractivity contribution in [2.75, 3.05) is 13.7 Å². The van der Waals surface area contributed by atoms with Crippen LogP contribution < -0.4 is 19.8 Å². The predicted octanol–water partition coefficient (Wildman–Crippen LogP) is 5.72. The maximum atomic E-state index is 13.3. The van der Waals surface area contributed by atoms with E-state index in [1.807, 2.05) is 86.6 Å². The van der Waals surface area contributed by atoms with E-state index in [2.05, 4.69) is 0 Å². The lowest BCUT2D eigenvalue weighted by molar-refractivity contribution is 0.219. The van der Waals surface area contributed by atoms with Crippen molar-refractivity contribution < 1.29 is 14.2 Å². The number of fused-ring (bicyclic) bond motifs is 1. The number of para-hydroxylation sites is 3. The minimum Gasteiger partial charge on any atom is -0.497 e. The molecule has 0 atom stereocenters. The number of methoxy groups -OCH3 is 1. The molecule has 0 spiro atoms. The van der Waals surface area contributed by atoms with Crippen molar-refractivity contribution in [3.63, 3.8) is 0 Å². The Kier molecular flexibility index (Phi) is 7.48. The highest BCUT2D eigenvalue weighted by Crippen LogP contribution is 2.28. The lowest BCUT2D eigenvalue weighted by atomic mass is 10.1. The molecule has 6 heteroatoms. The molecule has 4 rings (SSSR count). The Hall–Kier alpha value is -3.80. The van der Waals surface area contributed by atoms with Gasteiger partial charge in [0.05, 0.1) is 30.7 Å². The second-order valence-corrected chi connectivity index (χ2v) is 8.31. The molecule has 0 bridgehead atoms. The van der Waals surface area contributed by atoms with Gasteiger partial charge in [0.2, 0.25) is 0 Å². The molecule has 0 saturated heterocycles. The third-order valence-electron chi connectivity index (χ3n) is 5.46. The van der Waals surface area contributed by atoms with Gasteiger partial charge in [-0.3, -0.25) is 9.36 Å².